The molecule has 1 N–H and O–H groups in total. The second-order valence-electron chi connectivity index (χ2n) is 8.14. The molecule has 9 heteroatoms. The molecule has 1 heterocycles. The minimum atomic E-state index is -4.55. The maximum absolute atomic E-state index is 13.3. The maximum atomic E-state index is 13.3. The summed E-state index contributed by atoms with van der Waals surface area (Å²) in [6.07, 6.45) is 1.85. The van der Waals surface area contributed by atoms with E-state index in [1.807, 2.05) is 0 Å². The lowest BCUT2D eigenvalue weighted by molar-refractivity contribution is -0.137. The number of carbonyl (C=O) groups excluding carboxylic acids is 1. The Morgan fingerprint density at radius 1 is 1.06 bits per heavy atom. The monoisotopic (exact) mass is 475 g/mol. The van der Waals surface area contributed by atoms with E-state index in [4.69, 9.17) is 0 Å². The van der Waals surface area contributed by atoms with Crippen LogP contribution in [0.2, 0.25) is 0 Å². The minimum Gasteiger partial charge on any atom is -0.353 e. The molecule has 1 fully saturated rings. The van der Waals surface area contributed by atoms with Crippen molar-refractivity contribution >= 4 is 28.6 Å². The van der Waals surface area contributed by atoms with Crippen LogP contribution in [0.25, 0.3) is 16.6 Å². The summed E-state index contributed by atoms with van der Waals surface area (Å²) < 4.78 is 41.0. The summed E-state index contributed by atoms with van der Waals surface area (Å²) in [5.74, 6) is -0.162. The van der Waals surface area contributed by atoms with Crippen molar-refractivity contribution in [2.45, 2.75) is 55.9 Å². The summed E-state index contributed by atoms with van der Waals surface area (Å²) in [6.45, 7) is 0. The number of alkyl halides is 3. The van der Waals surface area contributed by atoms with Crippen molar-refractivity contribution in [2.24, 2.45) is 0 Å². The van der Waals surface area contributed by atoms with Gasteiger partial charge in [0.1, 0.15) is 0 Å². The molecule has 174 valence electrons. The Labute approximate surface area is 193 Å². The molecule has 0 unspecified atom stereocenters. The molecule has 1 aliphatic carbocycles. The second kappa shape index (κ2) is 9.99. The molecule has 0 bridgehead atoms. The van der Waals surface area contributed by atoms with Gasteiger partial charge in [0.2, 0.25) is 5.91 Å². The van der Waals surface area contributed by atoms with Gasteiger partial charge in [-0.1, -0.05) is 55.6 Å². The van der Waals surface area contributed by atoms with Crippen LogP contribution in [0.4, 0.5) is 13.2 Å². The molecular weight excluding hydrogens is 451 g/mol. The zero-order valence-electron chi connectivity index (χ0n) is 17.9. The first-order valence-corrected chi connectivity index (χ1v) is 11.9. The number of carbonyl (C=O) groups is 1. The summed E-state index contributed by atoms with van der Waals surface area (Å²) in [5, 5.41) is 3.51. The van der Waals surface area contributed by atoms with Gasteiger partial charge < -0.3 is 5.32 Å². The Morgan fingerprint density at radius 2 is 1.79 bits per heavy atom. The molecule has 3 aromatic rings. The molecule has 0 spiro atoms. The lowest BCUT2D eigenvalue weighted by atomic mass is 10.1. The highest BCUT2D eigenvalue weighted by Gasteiger charge is 2.31. The van der Waals surface area contributed by atoms with Crippen molar-refractivity contribution < 1.29 is 18.0 Å². The maximum Gasteiger partial charge on any atom is 0.416 e. The number of hydrogen-bond acceptors (Lipinski definition) is 4. The number of nitrogens with one attached hydrogen (secondary N) is 1. The van der Waals surface area contributed by atoms with Crippen LogP contribution in [-0.4, -0.2) is 27.3 Å². The summed E-state index contributed by atoms with van der Waals surface area (Å²) in [5.41, 5.74) is -0.856. The van der Waals surface area contributed by atoms with Gasteiger partial charge in [0.25, 0.3) is 5.56 Å². The molecule has 4 rings (SSSR count). The Hall–Kier alpha value is -2.81. The van der Waals surface area contributed by atoms with Crippen LogP contribution in [0.3, 0.4) is 0 Å². The number of nitrogens with zero attached hydrogens (tertiary/aromatic N) is 2. The van der Waals surface area contributed by atoms with Crippen LogP contribution < -0.4 is 10.9 Å². The fourth-order valence-corrected chi connectivity index (χ4v) is 4.91. The molecule has 0 saturated heterocycles. The summed E-state index contributed by atoms with van der Waals surface area (Å²) in [4.78, 5) is 30.3. The minimum absolute atomic E-state index is 0.0141. The van der Waals surface area contributed by atoms with Gasteiger partial charge in [-0.2, -0.15) is 13.2 Å². The zero-order valence-corrected chi connectivity index (χ0v) is 18.7. The van der Waals surface area contributed by atoms with Crippen molar-refractivity contribution in [1.82, 2.24) is 14.9 Å². The van der Waals surface area contributed by atoms with Gasteiger partial charge in [-0.3, -0.25) is 14.2 Å². The Bertz CT molecular complexity index is 1200. The number of thioether (sulfide) groups is 1. The van der Waals surface area contributed by atoms with Crippen molar-refractivity contribution in [3.8, 4) is 5.69 Å². The van der Waals surface area contributed by atoms with E-state index in [-0.39, 0.29) is 28.5 Å². The van der Waals surface area contributed by atoms with Gasteiger partial charge in [0, 0.05) is 6.04 Å². The zero-order chi connectivity index (χ0) is 23.4. The van der Waals surface area contributed by atoms with E-state index in [1.165, 1.54) is 25.0 Å². The summed E-state index contributed by atoms with van der Waals surface area (Å²) >= 11 is 1.04. The molecule has 1 aliphatic rings. The van der Waals surface area contributed by atoms with Gasteiger partial charge in [0.05, 0.1) is 27.9 Å². The van der Waals surface area contributed by atoms with E-state index >= 15 is 0 Å². The fourth-order valence-electron chi connectivity index (χ4n) is 4.08. The van der Waals surface area contributed by atoms with Crippen molar-refractivity contribution in [3.63, 3.8) is 0 Å². The predicted molar refractivity (Wildman–Crippen MR) is 123 cm³/mol. The predicted octanol–water partition coefficient (Wildman–Crippen LogP) is 5.34. The van der Waals surface area contributed by atoms with Gasteiger partial charge in [-0.25, -0.2) is 4.98 Å². The van der Waals surface area contributed by atoms with Crippen molar-refractivity contribution in [3.05, 3.63) is 64.4 Å². The van der Waals surface area contributed by atoms with E-state index in [2.05, 4.69) is 10.3 Å². The fraction of sp³-hybridized carbons (Fsp3) is 0.375. The van der Waals surface area contributed by atoms with Crippen LogP contribution >= 0.6 is 11.8 Å². The highest BCUT2D eigenvalue weighted by molar-refractivity contribution is 7.99. The average Bonchev–Trinajstić information content (AvgIpc) is 3.06. The molecule has 0 radical (unpaired) electrons. The quantitative estimate of drug-likeness (QED) is 0.308. The first kappa shape index (κ1) is 23.4. The lowest BCUT2D eigenvalue weighted by Crippen LogP contribution is -2.35. The number of para-hydroxylation sites is 1. The number of aromatic nitrogens is 2. The van der Waals surface area contributed by atoms with Crippen LogP contribution in [-0.2, 0) is 11.0 Å². The van der Waals surface area contributed by atoms with Crippen LogP contribution in [0.15, 0.2) is 58.5 Å². The topological polar surface area (TPSA) is 64.0 Å². The first-order chi connectivity index (χ1) is 15.8. The molecule has 2 aromatic carbocycles. The number of fused-ring (bicyclic) bond motifs is 1. The Morgan fingerprint density at radius 3 is 2.52 bits per heavy atom. The smallest absolute Gasteiger partial charge is 0.353 e. The Balaban J connectivity index is 1.66. The van der Waals surface area contributed by atoms with Crippen molar-refractivity contribution in [2.75, 3.05) is 5.75 Å². The number of rotatable bonds is 5. The normalized spacial score (nSPS) is 15.4. The van der Waals surface area contributed by atoms with Gasteiger partial charge in [-0.15, -0.1) is 0 Å². The van der Waals surface area contributed by atoms with Crippen LogP contribution in [0, 0.1) is 0 Å². The molecular formula is C24H24F3N3O2S. The molecule has 5 nitrogen and oxygen atoms in total. The standard InChI is InChI=1S/C24H24F3N3O2S/c25-24(26,27)16-8-7-11-18(14-16)30-22(32)19-12-5-6-13-20(19)29-23(30)33-15-21(31)28-17-9-3-1-2-4-10-17/h5-8,11-14,17H,1-4,9-10,15H2,(H,28,31). The van der Waals surface area contributed by atoms with E-state index in [1.54, 1.807) is 24.3 Å². The molecule has 1 amide bonds. The van der Waals surface area contributed by atoms with E-state index < -0.39 is 17.3 Å². The van der Waals surface area contributed by atoms with Gasteiger partial charge >= 0.3 is 6.18 Å². The number of halogens is 3. The molecule has 0 atom stereocenters. The molecule has 0 aliphatic heterocycles. The third-order valence-electron chi connectivity index (χ3n) is 5.73. The van der Waals surface area contributed by atoms with Gasteiger partial charge in [0.15, 0.2) is 5.16 Å². The summed E-state index contributed by atoms with van der Waals surface area (Å²) in [7, 11) is 0. The number of amides is 1. The molecule has 33 heavy (non-hydrogen) atoms. The average molecular weight is 476 g/mol. The Kier molecular flexibility index (Phi) is 7.07. The first-order valence-electron chi connectivity index (χ1n) is 10.9. The third kappa shape index (κ3) is 5.58. The van der Waals surface area contributed by atoms with E-state index in [9.17, 15) is 22.8 Å². The number of benzene rings is 2. The highest BCUT2D eigenvalue weighted by Crippen LogP contribution is 2.31. The SMILES string of the molecule is O=C(CSc1nc2ccccc2c(=O)n1-c1cccc(C(F)(F)F)c1)NC1CCCCCC1. The van der Waals surface area contributed by atoms with Gasteiger partial charge in [-0.05, 0) is 43.2 Å². The van der Waals surface area contributed by atoms with Crippen LogP contribution in [0.1, 0.15) is 44.1 Å². The lowest BCUT2D eigenvalue weighted by Gasteiger charge is -2.17. The summed E-state index contributed by atoms with van der Waals surface area (Å²) in [6, 6.07) is 11.4. The third-order valence-corrected chi connectivity index (χ3v) is 6.67. The van der Waals surface area contributed by atoms with E-state index in [0.29, 0.717) is 10.9 Å². The highest BCUT2D eigenvalue weighted by atomic mass is 32.2. The number of hydrogen-bond donors (Lipinski definition) is 1. The van der Waals surface area contributed by atoms with E-state index in [0.717, 1.165) is 54.1 Å². The molecule has 1 saturated carbocycles. The largest absolute Gasteiger partial charge is 0.416 e. The van der Waals surface area contributed by atoms with Crippen molar-refractivity contribution in [1.29, 1.82) is 0 Å². The molecule has 1 aromatic heterocycles. The van der Waals surface area contributed by atoms with Crippen LogP contribution in [0.5, 0.6) is 0 Å². The second-order valence-corrected chi connectivity index (χ2v) is 9.09.